The molecule has 0 bridgehead atoms. The Hall–Kier alpha value is -2.44. The van der Waals surface area contributed by atoms with Gasteiger partial charge in [-0.3, -0.25) is 4.79 Å². The highest BCUT2D eigenvalue weighted by molar-refractivity contribution is 5.86. The number of methoxy groups -OCH3 is 1. The van der Waals surface area contributed by atoms with Gasteiger partial charge < -0.3 is 19.7 Å². The van der Waals surface area contributed by atoms with Gasteiger partial charge in [0, 0.05) is 31.7 Å². The molecule has 0 aliphatic carbocycles. The minimum atomic E-state index is -0.807. The van der Waals surface area contributed by atoms with Crippen molar-refractivity contribution in [3.05, 3.63) is 53.8 Å². The van der Waals surface area contributed by atoms with Crippen LogP contribution in [0.3, 0.4) is 0 Å². The lowest BCUT2D eigenvalue weighted by Gasteiger charge is -2.32. The third kappa shape index (κ3) is 5.13. The fraction of sp³-hybridized carbons (Fsp3) is 0.500. The number of carbonyl (C=O) groups excluding carboxylic acids is 1. The molecule has 4 rings (SSSR count). The van der Waals surface area contributed by atoms with Crippen molar-refractivity contribution in [1.82, 2.24) is 10.2 Å². The van der Waals surface area contributed by atoms with Gasteiger partial charge in [0.15, 0.2) is 5.60 Å². The highest BCUT2D eigenvalue weighted by Crippen LogP contribution is 2.33. The first-order chi connectivity index (χ1) is 15.5. The second-order valence-electron chi connectivity index (χ2n) is 9.15. The van der Waals surface area contributed by atoms with E-state index in [4.69, 9.17) is 9.47 Å². The molecule has 2 saturated heterocycles. The zero-order chi connectivity index (χ0) is 22.6. The first kappa shape index (κ1) is 22.7. The van der Waals surface area contributed by atoms with E-state index < -0.39 is 5.60 Å². The van der Waals surface area contributed by atoms with Gasteiger partial charge in [0.2, 0.25) is 0 Å². The van der Waals surface area contributed by atoms with Crippen LogP contribution in [-0.2, 0) is 16.0 Å². The van der Waals surface area contributed by atoms with Crippen LogP contribution < -0.4 is 10.1 Å². The number of nitrogens with zero attached hydrogens (tertiary/aromatic N) is 1. The van der Waals surface area contributed by atoms with E-state index in [1.807, 2.05) is 24.3 Å². The Bertz CT molecular complexity index is 925. The molecule has 0 saturated carbocycles. The summed E-state index contributed by atoms with van der Waals surface area (Å²) in [6, 6.07) is 12.4. The first-order valence-electron chi connectivity index (χ1n) is 11.5. The van der Waals surface area contributed by atoms with E-state index in [-0.39, 0.29) is 11.7 Å². The Morgan fingerprint density at radius 3 is 2.75 bits per heavy atom. The third-order valence-corrected chi connectivity index (χ3v) is 6.71. The van der Waals surface area contributed by atoms with Crippen LogP contribution in [0.5, 0.6) is 5.75 Å². The quantitative estimate of drug-likeness (QED) is 0.706. The smallest absolute Gasteiger partial charge is 0.252 e. The molecule has 172 valence electrons. The molecule has 2 fully saturated rings. The largest absolute Gasteiger partial charge is 0.496 e. The van der Waals surface area contributed by atoms with Crippen molar-refractivity contribution < 1.29 is 18.7 Å². The Balaban J connectivity index is 1.45. The number of hydrogen-bond acceptors (Lipinski definition) is 4. The number of halogens is 1. The molecule has 0 radical (unpaired) electrons. The van der Waals surface area contributed by atoms with Crippen molar-refractivity contribution in [1.29, 1.82) is 0 Å². The summed E-state index contributed by atoms with van der Waals surface area (Å²) in [5, 5.41) is 3.19. The minimum Gasteiger partial charge on any atom is -0.496 e. The van der Waals surface area contributed by atoms with E-state index in [0.29, 0.717) is 36.8 Å². The Morgan fingerprint density at radius 2 is 2.06 bits per heavy atom. The van der Waals surface area contributed by atoms with Gasteiger partial charge in [0.25, 0.3) is 5.91 Å². The molecule has 32 heavy (non-hydrogen) atoms. The molecule has 2 aliphatic rings. The van der Waals surface area contributed by atoms with Crippen LogP contribution in [0, 0.1) is 11.7 Å². The van der Waals surface area contributed by atoms with Gasteiger partial charge in [0.05, 0.1) is 7.11 Å². The Kier molecular flexibility index (Phi) is 7.11. The number of carbonyl (C=O) groups is 1. The molecule has 0 unspecified atom stereocenters. The van der Waals surface area contributed by atoms with Crippen LogP contribution in [0.1, 0.15) is 31.2 Å². The average molecular weight is 441 g/mol. The van der Waals surface area contributed by atoms with E-state index in [9.17, 15) is 9.18 Å². The molecule has 6 heteroatoms. The first-order valence-corrected chi connectivity index (χ1v) is 11.5. The summed E-state index contributed by atoms with van der Waals surface area (Å²) in [5.74, 6) is 0.822. The predicted molar refractivity (Wildman–Crippen MR) is 123 cm³/mol. The van der Waals surface area contributed by atoms with Gasteiger partial charge in [-0.05, 0) is 74.5 Å². The summed E-state index contributed by atoms with van der Waals surface area (Å²) in [7, 11) is 3.72. The van der Waals surface area contributed by atoms with E-state index >= 15 is 0 Å². The standard InChI is InChI=1S/C26H33FN2O3/c1-29-13-3-5-20(18-29)17-28-25(30)26(12-4-14-32-26)16-19-6-8-21(9-7-19)23-15-22(27)10-11-24(23)31-2/h6-11,15,20H,3-5,12-14,16-18H2,1-2H3,(H,28,30)/t20-,26+/m0/s1. The maximum absolute atomic E-state index is 13.8. The summed E-state index contributed by atoms with van der Waals surface area (Å²) in [5.41, 5.74) is 1.80. The van der Waals surface area contributed by atoms with Crippen LogP contribution in [0.15, 0.2) is 42.5 Å². The van der Waals surface area contributed by atoms with Crippen LogP contribution in [0.2, 0.25) is 0 Å². The van der Waals surface area contributed by atoms with E-state index in [1.165, 1.54) is 18.6 Å². The molecule has 5 nitrogen and oxygen atoms in total. The molecule has 2 heterocycles. The maximum atomic E-state index is 13.8. The molecule has 1 amide bonds. The van der Waals surface area contributed by atoms with Gasteiger partial charge in [-0.25, -0.2) is 4.39 Å². The SMILES string of the molecule is COc1ccc(F)cc1-c1ccc(C[C@@]2(C(=O)NC[C@@H]3CCCN(C)C3)CCCO2)cc1. The lowest BCUT2D eigenvalue weighted by Crippen LogP contribution is -2.50. The minimum absolute atomic E-state index is 0.000831. The molecule has 2 aliphatic heterocycles. The highest BCUT2D eigenvalue weighted by atomic mass is 19.1. The number of amides is 1. The number of rotatable bonds is 7. The summed E-state index contributed by atoms with van der Waals surface area (Å²) in [4.78, 5) is 15.5. The monoisotopic (exact) mass is 440 g/mol. The van der Waals surface area contributed by atoms with Gasteiger partial charge in [-0.1, -0.05) is 24.3 Å². The zero-order valence-corrected chi connectivity index (χ0v) is 19.0. The van der Waals surface area contributed by atoms with Crippen molar-refractivity contribution >= 4 is 5.91 Å². The number of piperidine rings is 1. The average Bonchev–Trinajstić information content (AvgIpc) is 3.28. The van der Waals surface area contributed by atoms with Crippen LogP contribution in [0.25, 0.3) is 11.1 Å². The van der Waals surface area contributed by atoms with E-state index in [2.05, 4.69) is 17.3 Å². The van der Waals surface area contributed by atoms with Crippen molar-refractivity contribution in [2.75, 3.05) is 40.4 Å². The molecular formula is C26H33FN2O3. The summed E-state index contributed by atoms with van der Waals surface area (Å²) < 4.78 is 25.2. The van der Waals surface area contributed by atoms with Crippen molar-refractivity contribution in [3.63, 3.8) is 0 Å². The fourth-order valence-corrected chi connectivity index (χ4v) is 4.97. The lowest BCUT2D eigenvalue weighted by atomic mass is 9.89. The highest BCUT2D eigenvalue weighted by Gasteiger charge is 2.42. The fourth-order valence-electron chi connectivity index (χ4n) is 4.97. The molecule has 2 aromatic carbocycles. The van der Waals surface area contributed by atoms with E-state index in [0.717, 1.165) is 43.5 Å². The number of ether oxygens (including phenoxy) is 2. The summed E-state index contributed by atoms with van der Waals surface area (Å²) in [6.45, 7) is 3.47. The predicted octanol–water partition coefficient (Wildman–Crippen LogP) is 4.05. The second-order valence-corrected chi connectivity index (χ2v) is 9.15. The molecule has 1 N–H and O–H groups in total. The molecule has 0 spiro atoms. The van der Waals surface area contributed by atoms with Crippen molar-refractivity contribution in [2.45, 2.75) is 37.7 Å². The molecule has 0 aromatic heterocycles. The second kappa shape index (κ2) is 10.0. The lowest BCUT2D eigenvalue weighted by molar-refractivity contribution is -0.141. The maximum Gasteiger partial charge on any atom is 0.252 e. The Morgan fingerprint density at radius 1 is 1.25 bits per heavy atom. The van der Waals surface area contributed by atoms with Gasteiger partial charge in [-0.2, -0.15) is 0 Å². The molecule has 2 aromatic rings. The molecular weight excluding hydrogens is 407 g/mol. The third-order valence-electron chi connectivity index (χ3n) is 6.71. The van der Waals surface area contributed by atoms with Gasteiger partial charge >= 0.3 is 0 Å². The van der Waals surface area contributed by atoms with E-state index in [1.54, 1.807) is 13.2 Å². The topological polar surface area (TPSA) is 50.8 Å². The number of nitrogens with one attached hydrogen (secondary N) is 1. The van der Waals surface area contributed by atoms with Crippen molar-refractivity contribution in [2.24, 2.45) is 5.92 Å². The van der Waals surface area contributed by atoms with Gasteiger partial charge in [-0.15, -0.1) is 0 Å². The number of likely N-dealkylation sites (tertiary alicyclic amines) is 1. The summed E-state index contributed by atoms with van der Waals surface area (Å²) >= 11 is 0. The number of benzene rings is 2. The Labute approximate surface area is 189 Å². The van der Waals surface area contributed by atoms with Crippen LogP contribution in [0.4, 0.5) is 4.39 Å². The molecule has 2 atom stereocenters. The van der Waals surface area contributed by atoms with Crippen LogP contribution in [-0.4, -0.2) is 56.8 Å². The van der Waals surface area contributed by atoms with Crippen LogP contribution >= 0.6 is 0 Å². The van der Waals surface area contributed by atoms with Crippen molar-refractivity contribution in [3.8, 4) is 16.9 Å². The normalized spacial score (nSPS) is 23.8. The zero-order valence-electron chi connectivity index (χ0n) is 19.0. The van der Waals surface area contributed by atoms with Gasteiger partial charge in [0.1, 0.15) is 11.6 Å². The summed E-state index contributed by atoms with van der Waals surface area (Å²) in [6.07, 6.45) is 4.48. The number of hydrogen-bond donors (Lipinski definition) is 1.